The molecule has 7 heteroatoms. The molecule has 20 heavy (non-hydrogen) atoms. The molecule has 0 aliphatic carbocycles. The van der Waals surface area contributed by atoms with Crippen molar-refractivity contribution in [2.45, 2.75) is 6.54 Å². The Morgan fingerprint density at radius 3 is 2.55 bits per heavy atom. The zero-order chi connectivity index (χ0) is 14.7. The van der Waals surface area contributed by atoms with Crippen LogP contribution < -0.4 is 10.5 Å². The van der Waals surface area contributed by atoms with E-state index < -0.39 is 4.92 Å². The van der Waals surface area contributed by atoms with Crippen LogP contribution in [0, 0.1) is 10.1 Å². The number of nitro groups is 1. The number of nitro benzene ring substituents is 1. The van der Waals surface area contributed by atoms with Gasteiger partial charge in [-0.2, -0.15) is 0 Å². The zero-order valence-electron chi connectivity index (χ0n) is 10.2. The average molecular weight is 313 g/mol. The van der Waals surface area contributed by atoms with Crippen molar-refractivity contribution < 1.29 is 9.66 Å². The molecule has 2 aromatic carbocycles. The van der Waals surface area contributed by atoms with Crippen molar-refractivity contribution in [3.05, 3.63) is 62.1 Å². The van der Waals surface area contributed by atoms with Gasteiger partial charge in [0.25, 0.3) is 0 Å². The third kappa shape index (κ3) is 3.19. The molecule has 0 fully saturated rings. The Morgan fingerprint density at radius 1 is 1.20 bits per heavy atom. The van der Waals surface area contributed by atoms with Crippen LogP contribution in [0.4, 0.5) is 5.69 Å². The van der Waals surface area contributed by atoms with Gasteiger partial charge in [-0.05, 0) is 17.7 Å². The van der Waals surface area contributed by atoms with E-state index in [2.05, 4.69) is 0 Å². The molecule has 0 aromatic heterocycles. The summed E-state index contributed by atoms with van der Waals surface area (Å²) in [6.07, 6.45) is 0. The molecule has 2 aromatic rings. The molecule has 0 amide bonds. The van der Waals surface area contributed by atoms with Gasteiger partial charge in [0.05, 0.1) is 15.0 Å². The minimum absolute atomic E-state index is 0.0265. The minimum atomic E-state index is -0.579. The van der Waals surface area contributed by atoms with E-state index in [1.54, 1.807) is 18.2 Å². The molecule has 0 saturated heterocycles. The highest BCUT2D eigenvalue weighted by atomic mass is 35.5. The fourth-order valence-electron chi connectivity index (χ4n) is 1.61. The number of hydrogen-bond acceptors (Lipinski definition) is 4. The van der Waals surface area contributed by atoms with Gasteiger partial charge in [0, 0.05) is 18.7 Å². The Labute approximate surface area is 125 Å². The van der Waals surface area contributed by atoms with Crippen LogP contribution >= 0.6 is 23.2 Å². The number of hydrogen-bond donors (Lipinski definition) is 1. The van der Waals surface area contributed by atoms with Crippen LogP contribution in [0.25, 0.3) is 0 Å². The summed E-state index contributed by atoms with van der Waals surface area (Å²) in [6, 6.07) is 9.43. The van der Waals surface area contributed by atoms with Crippen molar-refractivity contribution in [2.75, 3.05) is 0 Å². The molecule has 2 N–H and O–H groups in total. The van der Waals surface area contributed by atoms with E-state index in [1.807, 2.05) is 6.07 Å². The molecule has 0 aliphatic rings. The summed E-state index contributed by atoms with van der Waals surface area (Å²) in [5, 5.41) is 11.3. The molecule has 0 heterocycles. The van der Waals surface area contributed by atoms with Gasteiger partial charge < -0.3 is 10.5 Å². The van der Waals surface area contributed by atoms with E-state index in [4.69, 9.17) is 33.7 Å². The molecule has 2 rings (SSSR count). The lowest BCUT2D eigenvalue weighted by atomic mass is 10.2. The van der Waals surface area contributed by atoms with Gasteiger partial charge >= 0.3 is 5.69 Å². The number of nitrogens with zero attached hydrogens (tertiary/aromatic N) is 1. The van der Waals surface area contributed by atoms with Crippen LogP contribution in [0.3, 0.4) is 0 Å². The van der Waals surface area contributed by atoms with Crippen LogP contribution in [0.5, 0.6) is 11.5 Å². The highest BCUT2D eigenvalue weighted by molar-refractivity contribution is 6.42. The fraction of sp³-hybridized carbons (Fsp3) is 0.0769. The summed E-state index contributed by atoms with van der Waals surface area (Å²) in [7, 11) is 0. The zero-order valence-corrected chi connectivity index (χ0v) is 11.7. The van der Waals surface area contributed by atoms with Crippen molar-refractivity contribution in [2.24, 2.45) is 5.73 Å². The van der Waals surface area contributed by atoms with Gasteiger partial charge in [-0.1, -0.05) is 35.3 Å². The minimum Gasteiger partial charge on any atom is -0.450 e. The van der Waals surface area contributed by atoms with E-state index in [1.165, 1.54) is 6.07 Å². The van der Waals surface area contributed by atoms with Crippen LogP contribution in [-0.2, 0) is 6.54 Å². The molecule has 0 atom stereocenters. The van der Waals surface area contributed by atoms with Crippen LogP contribution in [0.1, 0.15) is 5.56 Å². The van der Waals surface area contributed by atoms with E-state index in [0.29, 0.717) is 12.3 Å². The van der Waals surface area contributed by atoms with Gasteiger partial charge in [-0.15, -0.1) is 0 Å². The predicted octanol–water partition coefficient (Wildman–Crippen LogP) is 4.15. The largest absolute Gasteiger partial charge is 0.450 e. The van der Waals surface area contributed by atoms with Crippen LogP contribution in [-0.4, -0.2) is 4.92 Å². The summed E-state index contributed by atoms with van der Waals surface area (Å²) in [5.41, 5.74) is 6.13. The first-order valence-electron chi connectivity index (χ1n) is 5.61. The van der Waals surface area contributed by atoms with Crippen molar-refractivity contribution in [1.29, 1.82) is 0 Å². The molecule has 5 nitrogen and oxygen atoms in total. The molecule has 0 bridgehead atoms. The second-order valence-corrected chi connectivity index (χ2v) is 4.76. The molecule has 104 valence electrons. The molecular formula is C13H10Cl2N2O3. The Kier molecular flexibility index (Phi) is 4.44. The quantitative estimate of drug-likeness (QED) is 0.679. The normalized spacial score (nSPS) is 10.3. The highest BCUT2D eigenvalue weighted by Crippen LogP contribution is 2.38. The van der Waals surface area contributed by atoms with Crippen molar-refractivity contribution in [3.8, 4) is 11.5 Å². The standard InChI is InChI=1S/C13H10Cl2N2O3/c14-10-5-12(17(18)19)13(6-11(10)15)20-9-3-1-2-8(4-9)7-16/h1-6H,7,16H2. The molecule has 0 spiro atoms. The fourth-order valence-corrected chi connectivity index (χ4v) is 1.92. The number of halogens is 2. The lowest BCUT2D eigenvalue weighted by molar-refractivity contribution is -0.385. The summed E-state index contributed by atoms with van der Waals surface area (Å²) in [5.74, 6) is 0.466. The predicted molar refractivity (Wildman–Crippen MR) is 77.5 cm³/mol. The first-order valence-corrected chi connectivity index (χ1v) is 6.37. The number of ether oxygens (including phenoxy) is 1. The number of nitrogens with two attached hydrogens (primary N) is 1. The molecule has 0 unspecified atom stereocenters. The smallest absolute Gasteiger partial charge is 0.313 e. The third-order valence-electron chi connectivity index (χ3n) is 2.56. The summed E-state index contributed by atoms with van der Waals surface area (Å²) in [4.78, 5) is 10.4. The Balaban J connectivity index is 2.41. The van der Waals surface area contributed by atoms with Crippen LogP contribution in [0.2, 0.25) is 10.0 Å². The van der Waals surface area contributed by atoms with Crippen LogP contribution in [0.15, 0.2) is 36.4 Å². The van der Waals surface area contributed by atoms with E-state index in [9.17, 15) is 10.1 Å². The highest BCUT2D eigenvalue weighted by Gasteiger charge is 2.19. The van der Waals surface area contributed by atoms with E-state index >= 15 is 0 Å². The number of rotatable bonds is 4. The molecular weight excluding hydrogens is 303 g/mol. The van der Waals surface area contributed by atoms with E-state index in [-0.39, 0.29) is 21.5 Å². The van der Waals surface area contributed by atoms with Gasteiger partial charge in [0.2, 0.25) is 5.75 Å². The monoisotopic (exact) mass is 312 g/mol. The third-order valence-corrected chi connectivity index (χ3v) is 3.28. The summed E-state index contributed by atoms with van der Waals surface area (Å²) >= 11 is 11.6. The average Bonchev–Trinajstić information content (AvgIpc) is 2.42. The molecule has 0 saturated carbocycles. The Morgan fingerprint density at radius 2 is 1.90 bits per heavy atom. The first kappa shape index (κ1) is 14.6. The maximum absolute atomic E-state index is 11.0. The Bertz CT molecular complexity index is 662. The lowest BCUT2D eigenvalue weighted by Crippen LogP contribution is -1.97. The van der Waals surface area contributed by atoms with Gasteiger partial charge in [-0.3, -0.25) is 10.1 Å². The summed E-state index contributed by atoms with van der Waals surface area (Å²) < 4.78 is 5.51. The summed E-state index contributed by atoms with van der Waals surface area (Å²) in [6.45, 7) is 0.348. The van der Waals surface area contributed by atoms with Crippen molar-refractivity contribution >= 4 is 28.9 Å². The van der Waals surface area contributed by atoms with Gasteiger partial charge in [-0.25, -0.2) is 0 Å². The molecule has 0 radical (unpaired) electrons. The molecule has 0 aliphatic heterocycles. The second kappa shape index (κ2) is 6.09. The van der Waals surface area contributed by atoms with Gasteiger partial charge in [0.15, 0.2) is 0 Å². The van der Waals surface area contributed by atoms with Crippen molar-refractivity contribution in [3.63, 3.8) is 0 Å². The van der Waals surface area contributed by atoms with Crippen molar-refractivity contribution in [1.82, 2.24) is 0 Å². The maximum Gasteiger partial charge on any atom is 0.313 e. The SMILES string of the molecule is NCc1cccc(Oc2cc(Cl)c(Cl)cc2[N+](=O)[O-])c1. The van der Waals surface area contributed by atoms with Gasteiger partial charge in [0.1, 0.15) is 5.75 Å². The Hall–Kier alpha value is -1.82. The number of benzene rings is 2. The first-order chi connectivity index (χ1) is 9.51. The maximum atomic E-state index is 11.0. The second-order valence-electron chi connectivity index (χ2n) is 3.94. The topological polar surface area (TPSA) is 78.4 Å². The lowest BCUT2D eigenvalue weighted by Gasteiger charge is -2.08. The van der Waals surface area contributed by atoms with E-state index in [0.717, 1.165) is 11.6 Å².